The third-order valence-electron chi connectivity index (χ3n) is 5.83. The first-order valence-electron chi connectivity index (χ1n) is 11.0. The van der Waals surface area contributed by atoms with Crippen molar-refractivity contribution in [3.05, 3.63) is 58.1 Å². The molecule has 1 aromatic carbocycles. The highest BCUT2D eigenvalue weighted by Crippen LogP contribution is 2.33. The summed E-state index contributed by atoms with van der Waals surface area (Å²) in [5, 5.41) is 2.82. The number of alkyl halides is 3. The van der Waals surface area contributed by atoms with E-state index in [-0.39, 0.29) is 35.3 Å². The number of Topliss-reactive ketones (excluding diaryl/α,β-unsaturated/α-hetero) is 1. The first-order valence-corrected chi connectivity index (χ1v) is 13.7. The van der Waals surface area contributed by atoms with E-state index in [0.717, 1.165) is 23.5 Å². The van der Waals surface area contributed by atoms with E-state index in [0.29, 0.717) is 34.1 Å². The lowest BCUT2D eigenvalue weighted by molar-refractivity contribution is -0.137. The Kier molecular flexibility index (Phi) is 7.69. The number of thiophene rings is 1. The topological polar surface area (TPSA) is 92.3 Å². The Morgan fingerprint density at radius 1 is 1.19 bits per heavy atom. The first kappa shape index (κ1) is 26.5. The van der Waals surface area contributed by atoms with Crippen LogP contribution in [0.5, 0.6) is 0 Å². The zero-order chi connectivity index (χ0) is 26.1. The van der Waals surface area contributed by atoms with Crippen LogP contribution in [0.2, 0.25) is 4.34 Å². The lowest BCUT2D eigenvalue weighted by atomic mass is 10.0. The number of benzene rings is 1. The normalized spacial score (nSPS) is 16.9. The standard InChI is InChI=1S/C23H22ClF3N4O3S2/c1-28-22-29-16(13-17(30-22)14-4-6-15(7-5-14)23(25,26)27)8-9-19(32)18-3-2-12-31(18)36(33,34)21-11-10-20(24)35-21/h4-7,10-11,13,18H,2-3,8-9,12H2,1H3,(H,28,29,30)/t18-/m0/s1. The summed E-state index contributed by atoms with van der Waals surface area (Å²) in [6, 6.07) is 8.42. The van der Waals surface area contributed by atoms with E-state index < -0.39 is 27.8 Å². The lowest BCUT2D eigenvalue weighted by Crippen LogP contribution is -2.40. The van der Waals surface area contributed by atoms with Gasteiger partial charge in [-0.2, -0.15) is 17.5 Å². The maximum atomic E-state index is 13.1. The number of anilines is 1. The number of aromatic nitrogens is 2. The van der Waals surface area contributed by atoms with E-state index >= 15 is 0 Å². The van der Waals surface area contributed by atoms with Gasteiger partial charge in [-0.3, -0.25) is 4.79 Å². The molecule has 0 radical (unpaired) electrons. The summed E-state index contributed by atoms with van der Waals surface area (Å²) in [7, 11) is -2.22. The number of hydrogen-bond donors (Lipinski definition) is 1. The molecular weight excluding hydrogens is 537 g/mol. The van der Waals surface area contributed by atoms with Crippen molar-refractivity contribution in [3.8, 4) is 11.3 Å². The van der Waals surface area contributed by atoms with Gasteiger partial charge < -0.3 is 5.32 Å². The van der Waals surface area contributed by atoms with Gasteiger partial charge in [0.1, 0.15) is 4.21 Å². The van der Waals surface area contributed by atoms with Crippen LogP contribution in [0.25, 0.3) is 11.3 Å². The Bertz CT molecular complexity index is 1360. The van der Waals surface area contributed by atoms with E-state index in [2.05, 4.69) is 15.3 Å². The van der Waals surface area contributed by atoms with Gasteiger partial charge in [0, 0.05) is 31.3 Å². The molecule has 36 heavy (non-hydrogen) atoms. The number of hydrogen-bond acceptors (Lipinski definition) is 7. The SMILES string of the molecule is CNc1nc(CCC(=O)[C@@H]2CCCN2S(=O)(=O)c2ccc(Cl)s2)cc(-c2ccc(C(F)(F)F)cc2)n1. The fraction of sp³-hybridized carbons (Fsp3) is 0.348. The van der Waals surface area contributed by atoms with Crippen LogP contribution >= 0.6 is 22.9 Å². The number of carbonyl (C=O) groups excluding carboxylic acids is 1. The van der Waals surface area contributed by atoms with Gasteiger partial charge in [-0.25, -0.2) is 18.4 Å². The Labute approximate surface area is 215 Å². The van der Waals surface area contributed by atoms with Crippen LogP contribution in [0.4, 0.5) is 19.1 Å². The molecule has 2 aromatic heterocycles. The highest BCUT2D eigenvalue weighted by atomic mass is 35.5. The highest BCUT2D eigenvalue weighted by Gasteiger charge is 2.39. The van der Waals surface area contributed by atoms with Crippen molar-refractivity contribution in [2.75, 3.05) is 18.9 Å². The maximum Gasteiger partial charge on any atom is 0.416 e. The van der Waals surface area contributed by atoms with Crippen molar-refractivity contribution >= 4 is 44.7 Å². The molecule has 1 aliphatic heterocycles. The molecule has 4 rings (SSSR count). The summed E-state index contributed by atoms with van der Waals surface area (Å²) >= 11 is 6.85. The second-order valence-electron chi connectivity index (χ2n) is 8.19. The van der Waals surface area contributed by atoms with E-state index in [4.69, 9.17) is 11.6 Å². The van der Waals surface area contributed by atoms with Crippen LogP contribution in [-0.2, 0) is 27.4 Å². The Morgan fingerprint density at radius 2 is 1.92 bits per heavy atom. The van der Waals surface area contributed by atoms with Crippen molar-refractivity contribution in [2.45, 2.75) is 42.1 Å². The molecule has 1 fully saturated rings. The molecule has 0 bridgehead atoms. The fourth-order valence-corrected chi connectivity index (χ4v) is 7.32. The molecule has 0 spiro atoms. The van der Waals surface area contributed by atoms with Crippen molar-refractivity contribution in [1.82, 2.24) is 14.3 Å². The Balaban J connectivity index is 1.50. The van der Waals surface area contributed by atoms with E-state index in [1.54, 1.807) is 13.1 Å². The smallest absolute Gasteiger partial charge is 0.357 e. The third-order valence-corrected chi connectivity index (χ3v) is 9.43. The summed E-state index contributed by atoms with van der Waals surface area (Å²) in [6.07, 6.45) is -3.17. The van der Waals surface area contributed by atoms with Crippen LogP contribution in [0.3, 0.4) is 0 Å². The first-order chi connectivity index (χ1) is 17.0. The quantitative estimate of drug-likeness (QED) is 0.405. The van der Waals surface area contributed by atoms with Crippen molar-refractivity contribution < 1.29 is 26.4 Å². The number of nitrogens with one attached hydrogen (secondary N) is 1. The predicted molar refractivity (Wildman–Crippen MR) is 132 cm³/mol. The summed E-state index contributed by atoms with van der Waals surface area (Å²) < 4.78 is 66.4. The molecule has 1 atom stereocenters. The zero-order valence-corrected chi connectivity index (χ0v) is 21.4. The molecule has 0 unspecified atom stereocenters. The van der Waals surface area contributed by atoms with Crippen molar-refractivity contribution in [3.63, 3.8) is 0 Å². The summed E-state index contributed by atoms with van der Waals surface area (Å²) in [5.74, 6) is 0.0360. The molecule has 1 aliphatic rings. The van der Waals surface area contributed by atoms with Crippen LogP contribution < -0.4 is 5.32 Å². The lowest BCUT2D eigenvalue weighted by Gasteiger charge is -2.22. The van der Waals surface area contributed by atoms with Gasteiger partial charge in [0.25, 0.3) is 10.0 Å². The molecule has 7 nitrogen and oxygen atoms in total. The van der Waals surface area contributed by atoms with Crippen molar-refractivity contribution in [1.29, 1.82) is 0 Å². The van der Waals surface area contributed by atoms with Crippen LogP contribution in [-0.4, -0.2) is 48.1 Å². The van der Waals surface area contributed by atoms with Gasteiger partial charge in [0.05, 0.1) is 21.6 Å². The fourth-order valence-electron chi connectivity index (χ4n) is 4.03. The number of nitrogens with zero attached hydrogens (tertiary/aromatic N) is 3. The Morgan fingerprint density at radius 3 is 2.53 bits per heavy atom. The molecule has 0 amide bonds. The minimum Gasteiger partial charge on any atom is -0.357 e. The van der Waals surface area contributed by atoms with Gasteiger partial charge in [-0.15, -0.1) is 11.3 Å². The van der Waals surface area contributed by atoms with Gasteiger partial charge in [-0.05, 0) is 49.6 Å². The monoisotopic (exact) mass is 558 g/mol. The number of sulfonamides is 1. The van der Waals surface area contributed by atoms with Crippen LogP contribution in [0, 0.1) is 0 Å². The maximum absolute atomic E-state index is 13.1. The molecule has 192 valence electrons. The minimum absolute atomic E-state index is 0.0501. The minimum atomic E-state index is -4.44. The molecule has 1 N–H and O–H groups in total. The molecule has 0 aliphatic carbocycles. The number of ketones is 1. The second-order valence-corrected chi connectivity index (χ2v) is 12.0. The van der Waals surface area contributed by atoms with E-state index in [1.807, 2.05) is 0 Å². The third kappa shape index (κ3) is 5.72. The number of halogens is 4. The molecule has 0 saturated carbocycles. The molecule has 3 heterocycles. The number of carbonyl (C=O) groups is 1. The summed E-state index contributed by atoms with van der Waals surface area (Å²) in [5.41, 5.74) is 0.623. The van der Waals surface area contributed by atoms with Crippen LogP contribution in [0.1, 0.15) is 30.5 Å². The molecule has 3 aromatic rings. The molecule has 1 saturated heterocycles. The highest BCUT2D eigenvalue weighted by molar-refractivity contribution is 7.91. The summed E-state index contributed by atoms with van der Waals surface area (Å²) in [6.45, 7) is 0.254. The average Bonchev–Trinajstić information content (AvgIpc) is 3.52. The van der Waals surface area contributed by atoms with Gasteiger partial charge >= 0.3 is 6.18 Å². The molecular formula is C23H22ClF3N4O3S2. The van der Waals surface area contributed by atoms with Gasteiger partial charge in [-0.1, -0.05) is 23.7 Å². The largest absolute Gasteiger partial charge is 0.416 e. The molecule has 13 heteroatoms. The van der Waals surface area contributed by atoms with Crippen molar-refractivity contribution in [2.24, 2.45) is 0 Å². The van der Waals surface area contributed by atoms with Gasteiger partial charge in [0.15, 0.2) is 5.78 Å². The van der Waals surface area contributed by atoms with E-state index in [9.17, 15) is 26.4 Å². The Hall–Kier alpha value is -2.54. The number of rotatable bonds is 8. The second kappa shape index (κ2) is 10.4. The zero-order valence-electron chi connectivity index (χ0n) is 19.0. The number of aryl methyl sites for hydroxylation is 1. The summed E-state index contributed by atoms with van der Waals surface area (Å²) in [4.78, 5) is 21.7. The average molecular weight is 559 g/mol. The van der Waals surface area contributed by atoms with Gasteiger partial charge in [0.2, 0.25) is 5.95 Å². The van der Waals surface area contributed by atoms with E-state index in [1.165, 1.54) is 28.6 Å². The predicted octanol–water partition coefficient (Wildman–Crippen LogP) is 5.27. The van der Waals surface area contributed by atoms with Crippen LogP contribution in [0.15, 0.2) is 46.7 Å².